The number of aromatic nitrogens is 1. The largest absolute Gasteiger partial charge is 0.497 e. The summed E-state index contributed by atoms with van der Waals surface area (Å²) in [5.74, 6) is 0.895. The van der Waals surface area contributed by atoms with Crippen LogP contribution in [0.3, 0.4) is 0 Å². The van der Waals surface area contributed by atoms with Crippen LogP contribution in [0.4, 0.5) is 0 Å². The van der Waals surface area contributed by atoms with Crippen LogP contribution in [0.5, 0.6) is 5.75 Å². The van der Waals surface area contributed by atoms with Gasteiger partial charge in [0.05, 0.1) is 7.11 Å². The zero-order chi connectivity index (χ0) is 14.7. The number of hydrogen-bond acceptors (Lipinski definition) is 1. The highest BCUT2D eigenvalue weighted by Crippen LogP contribution is 2.24. The smallest absolute Gasteiger partial charge is 0.118 e. The lowest BCUT2D eigenvalue weighted by Crippen LogP contribution is -2.03. The van der Waals surface area contributed by atoms with E-state index in [1.807, 2.05) is 18.2 Å². The van der Waals surface area contributed by atoms with E-state index in [-0.39, 0.29) is 0 Å². The van der Waals surface area contributed by atoms with Crippen LogP contribution >= 0.6 is 0 Å². The molecular formula is C19H19NO. The Balaban J connectivity index is 1.93. The van der Waals surface area contributed by atoms with Gasteiger partial charge in [-0.25, -0.2) is 0 Å². The van der Waals surface area contributed by atoms with Crippen LogP contribution in [0.1, 0.15) is 11.3 Å². The van der Waals surface area contributed by atoms with Gasteiger partial charge in [-0.3, -0.25) is 0 Å². The lowest BCUT2D eigenvalue weighted by atomic mass is 10.1. The molecule has 1 aromatic heterocycles. The predicted molar refractivity (Wildman–Crippen MR) is 86.7 cm³/mol. The summed E-state index contributed by atoms with van der Waals surface area (Å²) in [6.45, 7) is 3.02. The average Bonchev–Trinajstić information content (AvgIpc) is 2.90. The molecule has 0 aliphatic heterocycles. The summed E-state index contributed by atoms with van der Waals surface area (Å²) in [6.07, 6.45) is 0. The van der Waals surface area contributed by atoms with Gasteiger partial charge in [0.15, 0.2) is 0 Å². The number of hydrogen-bond donors (Lipinski definition) is 0. The van der Waals surface area contributed by atoms with E-state index in [1.54, 1.807) is 7.11 Å². The van der Waals surface area contributed by atoms with Gasteiger partial charge in [-0.15, -0.1) is 0 Å². The second-order valence-electron chi connectivity index (χ2n) is 5.16. The van der Waals surface area contributed by atoms with E-state index in [1.165, 1.54) is 22.5 Å². The molecule has 0 fully saturated rings. The van der Waals surface area contributed by atoms with E-state index in [9.17, 15) is 0 Å². The lowest BCUT2D eigenvalue weighted by molar-refractivity contribution is 0.414. The highest BCUT2D eigenvalue weighted by molar-refractivity contribution is 5.61. The third kappa shape index (κ3) is 2.84. The first-order valence-electron chi connectivity index (χ1n) is 7.12. The molecule has 0 spiro atoms. The van der Waals surface area contributed by atoms with Crippen LogP contribution in [0.25, 0.3) is 11.3 Å². The Bertz CT molecular complexity index is 711. The Hall–Kier alpha value is -2.48. The topological polar surface area (TPSA) is 14.2 Å². The summed E-state index contributed by atoms with van der Waals surface area (Å²) in [5, 5.41) is 0. The van der Waals surface area contributed by atoms with Crippen LogP contribution in [0.15, 0.2) is 66.7 Å². The summed E-state index contributed by atoms with van der Waals surface area (Å²) in [4.78, 5) is 0. The Morgan fingerprint density at radius 3 is 2.24 bits per heavy atom. The van der Waals surface area contributed by atoms with E-state index >= 15 is 0 Å². The molecule has 0 radical (unpaired) electrons. The van der Waals surface area contributed by atoms with Crippen LogP contribution in [-0.4, -0.2) is 11.7 Å². The van der Waals surface area contributed by atoms with Crippen molar-refractivity contribution in [3.05, 3.63) is 78.0 Å². The molecule has 1 heterocycles. The molecule has 0 saturated carbocycles. The molecule has 2 aromatic carbocycles. The molecule has 0 aliphatic rings. The fraction of sp³-hybridized carbons (Fsp3) is 0.158. The maximum atomic E-state index is 5.21. The molecule has 0 saturated heterocycles. The molecule has 21 heavy (non-hydrogen) atoms. The van der Waals surface area contributed by atoms with E-state index < -0.39 is 0 Å². The first-order valence-corrected chi connectivity index (χ1v) is 7.12. The molecule has 2 nitrogen and oxygen atoms in total. The highest BCUT2D eigenvalue weighted by Gasteiger charge is 2.07. The Morgan fingerprint density at radius 2 is 1.57 bits per heavy atom. The second-order valence-corrected chi connectivity index (χ2v) is 5.16. The Morgan fingerprint density at radius 1 is 0.857 bits per heavy atom. The zero-order valence-electron chi connectivity index (χ0n) is 12.4. The van der Waals surface area contributed by atoms with Crippen molar-refractivity contribution < 1.29 is 4.74 Å². The lowest BCUT2D eigenvalue weighted by Gasteiger charge is -2.12. The van der Waals surface area contributed by atoms with Crippen molar-refractivity contribution in [2.75, 3.05) is 7.11 Å². The SMILES string of the molecule is COc1ccc(Cn2c(C)ccc2-c2ccccc2)cc1. The molecule has 0 aliphatic carbocycles. The van der Waals surface area contributed by atoms with Crippen LogP contribution < -0.4 is 4.74 Å². The fourth-order valence-electron chi connectivity index (χ4n) is 2.55. The fourth-order valence-corrected chi connectivity index (χ4v) is 2.55. The molecule has 0 unspecified atom stereocenters. The summed E-state index contributed by atoms with van der Waals surface area (Å²) in [6, 6.07) is 23.1. The van der Waals surface area contributed by atoms with Gasteiger partial charge in [0.2, 0.25) is 0 Å². The van der Waals surface area contributed by atoms with Crippen LogP contribution in [0, 0.1) is 6.92 Å². The molecule has 0 atom stereocenters. The van der Waals surface area contributed by atoms with Crippen molar-refractivity contribution >= 4 is 0 Å². The van der Waals surface area contributed by atoms with E-state index in [0.29, 0.717) is 0 Å². The molecule has 0 N–H and O–H groups in total. The van der Waals surface area contributed by atoms with Crippen molar-refractivity contribution in [1.29, 1.82) is 0 Å². The van der Waals surface area contributed by atoms with Gasteiger partial charge in [-0.1, -0.05) is 42.5 Å². The summed E-state index contributed by atoms with van der Waals surface area (Å²) >= 11 is 0. The van der Waals surface area contributed by atoms with Gasteiger partial charge in [0.1, 0.15) is 5.75 Å². The van der Waals surface area contributed by atoms with Gasteiger partial charge < -0.3 is 9.30 Å². The summed E-state index contributed by atoms with van der Waals surface area (Å²) in [7, 11) is 1.69. The van der Waals surface area contributed by atoms with Gasteiger partial charge in [-0.05, 0) is 42.3 Å². The zero-order valence-corrected chi connectivity index (χ0v) is 12.4. The van der Waals surface area contributed by atoms with E-state index in [2.05, 4.69) is 60.0 Å². The first-order chi connectivity index (χ1) is 10.3. The van der Waals surface area contributed by atoms with Gasteiger partial charge in [0.25, 0.3) is 0 Å². The van der Waals surface area contributed by atoms with Crippen LogP contribution in [-0.2, 0) is 6.54 Å². The Kier molecular flexibility index (Phi) is 3.78. The van der Waals surface area contributed by atoms with Gasteiger partial charge >= 0.3 is 0 Å². The molecule has 0 bridgehead atoms. The van der Waals surface area contributed by atoms with Crippen molar-refractivity contribution in [1.82, 2.24) is 4.57 Å². The molecule has 3 aromatic rings. The molecule has 106 valence electrons. The maximum absolute atomic E-state index is 5.21. The third-order valence-electron chi connectivity index (χ3n) is 3.77. The van der Waals surface area contributed by atoms with Crippen molar-refractivity contribution in [2.45, 2.75) is 13.5 Å². The van der Waals surface area contributed by atoms with E-state index in [0.717, 1.165) is 12.3 Å². The normalized spacial score (nSPS) is 10.6. The van der Waals surface area contributed by atoms with Crippen molar-refractivity contribution in [2.24, 2.45) is 0 Å². The van der Waals surface area contributed by atoms with Gasteiger partial charge in [-0.2, -0.15) is 0 Å². The highest BCUT2D eigenvalue weighted by atomic mass is 16.5. The number of rotatable bonds is 4. The standard InChI is InChI=1S/C19H19NO/c1-15-8-13-19(17-6-4-3-5-7-17)20(15)14-16-9-11-18(21-2)12-10-16/h3-13H,14H2,1-2H3. The minimum absolute atomic E-state index is 0.868. The summed E-state index contributed by atoms with van der Waals surface area (Å²) in [5.41, 5.74) is 5.04. The number of nitrogens with zero attached hydrogens (tertiary/aromatic N) is 1. The minimum atomic E-state index is 0.868. The number of methoxy groups -OCH3 is 1. The number of aryl methyl sites for hydroxylation is 1. The molecular weight excluding hydrogens is 258 g/mol. The average molecular weight is 277 g/mol. The second kappa shape index (κ2) is 5.88. The summed E-state index contributed by atoms with van der Waals surface area (Å²) < 4.78 is 7.56. The third-order valence-corrected chi connectivity index (χ3v) is 3.77. The first kappa shape index (κ1) is 13.5. The van der Waals surface area contributed by atoms with Crippen molar-refractivity contribution in [3.8, 4) is 17.0 Å². The minimum Gasteiger partial charge on any atom is -0.497 e. The van der Waals surface area contributed by atoms with Crippen molar-refractivity contribution in [3.63, 3.8) is 0 Å². The molecule has 2 heteroatoms. The number of benzene rings is 2. The quantitative estimate of drug-likeness (QED) is 0.684. The maximum Gasteiger partial charge on any atom is 0.118 e. The molecule has 0 amide bonds. The van der Waals surface area contributed by atoms with Crippen LogP contribution in [0.2, 0.25) is 0 Å². The molecule has 3 rings (SSSR count). The Labute approximate surface area is 125 Å². The number of ether oxygens (including phenoxy) is 1. The predicted octanol–water partition coefficient (Wildman–Crippen LogP) is 4.52. The monoisotopic (exact) mass is 277 g/mol. The van der Waals surface area contributed by atoms with E-state index in [4.69, 9.17) is 4.74 Å². The van der Waals surface area contributed by atoms with Gasteiger partial charge in [0, 0.05) is 17.9 Å².